The van der Waals surface area contributed by atoms with Crippen molar-refractivity contribution in [1.82, 2.24) is 14.9 Å². The molecule has 1 amide bonds. The van der Waals surface area contributed by atoms with E-state index in [1.165, 1.54) is 0 Å². The van der Waals surface area contributed by atoms with Crippen molar-refractivity contribution < 1.29 is 13.2 Å². The van der Waals surface area contributed by atoms with Gasteiger partial charge in [-0.1, -0.05) is 18.2 Å². The number of carbonyl (C=O) groups is 1. The maximum absolute atomic E-state index is 12.9. The first-order chi connectivity index (χ1) is 11.0. The fraction of sp³-hybridized carbons (Fsp3) is 0.375. The Bertz CT molecular complexity index is 854. The number of H-pyrrole nitrogens is 1. The van der Waals surface area contributed by atoms with Gasteiger partial charge in [0, 0.05) is 13.0 Å². The lowest BCUT2D eigenvalue weighted by Gasteiger charge is -2.30. The molecule has 0 atom stereocenters. The highest BCUT2D eigenvalue weighted by molar-refractivity contribution is 7.94. The molecule has 1 saturated carbocycles. The summed E-state index contributed by atoms with van der Waals surface area (Å²) in [5.41, 5.74) is 1.86. The minimum atomic E-state index is -3.66. The standard InChI is InChI=1S/C16H17N3O3S/c20-15(19-9-6-13-14(10-19)18-11-17-13)16(7-8-16)23(21,22)12-4-2-1-3-5-12/h1-5,11H,6-10H2,(H,17,18). The van der Waals surface area contributed by atoms with Crippen LogP contribution in [0.3, 0.4) is 0 Å². The lowest BCUT2D eigenvalue weighted by molar-refractivity contribution is -0.132. The highest BCUT2D eigenvalue weighted by Gasteiger charge is 2.62. The van der Waals surface area contributed by atoms with Gasteiger partial charge < -0.3 is 9.88 Å². The Hall–Kier alpha value is -2.15. The molecule has 23 heavy (non-hydrogen) atoms. The average Bonchev–Trinajstić information content (AvgIpc) is 3.27. The second kappa shape index (κ2) is 4.92. The molecule has 0 saturated heterocycles. The molecule has 1 aliphatic heterocycles. The van der Waals surface area contributed by atoms with Crippen molar-refractivity contribution in [3.05, 3.63) is 48.0 Å². The molecule has 2 aromatic rings. The van der Waals surface area contributed by atoms with Gasteiger partial charge in [-0.15, -0.1) is 0 Å². The van der Waals surface area contributed by atoms with Crippen LogP contribution < -0.4 is 0 Å². The highest BCUT2D eigenvalue weighted by Crippen LogP contribution is 2.48. The number of hydrogen-bond acceptors (Lipinski definition) is 4. The van der Waals surface area contributed by atoms with E-state index in [0.29, 0.717) is 32.4 Å². The zero-order chi connectivity index (χ0) is 16.1. The molecule has 2 aliphatic rings. The highest BCUT2D eigenvalue weighted by atomic mass is 32.2. The molecule has 1 aromatic heterocycles. The van der Waals surface area contributed by atoms with Crippen LogP contribution in [0.5, 0.6) is 0 Å². The summed E-state index contributed by atoms with van der Waals surface area (Å²) in [5.74, 6) is -0.276. The lowest BCUT2D eigenvalue weighted by atomic mass is 10.1. The molecule has 0 spiro atoms. The van der Waals surface area contributed by atoms with Gasteiger partial charge in [0.15, 0.2) is 14.6 Å². The second-order valence-electron chi connectivity index (χ2n) is 6.12. The predicted octanol–water partition coefficient (Wildman–Crippen LogP) is 1.30. The van der Waals surface area contributed by atoms with E-state index in [1.807, 2.05) is 0 Å². The van der Waals surface area contributed by atoms with Gasteiger partial charge in [0.25, 0.3) is 0 Å². The normalized spacial score (nSPS) is 19.2. The van der Waals surface area contributed by atoms with Crippen molar-refractivity contribution in [2.75, 3.05) is 6.54 Å². The van der Waals surface area contributed by atoms with E-state index in [9.17, 15) is 13.2 Å². The molecule has 0 unspecified atom stereocenters. The van der Waals surface area contributed by atoms with Crippen LogP contribution in [0.25, 0.3) is 0 Å². The Morgan fingerprint density at radius 2 is 1.96 bits per heavy atom. The first-order valence-electron chi connectivity index (χ1n) is 7.65. The van der Waals surface area contributed by atoms with E-state index in [-0.39, 0.29) is 10.8 Å². The van der Waals surface area contributed by atoms with Crippen LogP contribution >= 0.6 is 0 Å². The average molecular weight is 331 g/mol. The van der Waals surface area contributed by atoms with E-state index in [1.54, 1.807) is 41.6 Å². The maximum Gasteiger partial charge on any atom is 0.244 e. The van der Waals surface area contributed by atoms with Gasteiger partial charge in [-0.3, -0.25) is 4.79 Å². The van der Waals surface area contributed by atoms with E-state index < -0.39 is 14.6 Å². The summed E-state index contributed by atoms with van der Waals surface area (Å²) < 4.78 is 24.6. The fourth-order valence-electron chi connectivity index (χ4n) is 3.21. The van der Waals surface area contributed by atoms with Gasteiger partial charge in [-0.25, -0.2) is 13.4 Å². The second-order valence-corrected chi connectivity index (χ2v) is 8.38. The van der Waals surface area contributed by atoms with Crippen molar-refractivity contribution in [1.29, 1.82) is 0 Å². The van der Waals surface area contributed by atoms with E-state index in [0.717, 1.165) is 11.4 Å². The number of hydrogen-bond donors (Lipinski definition) is 1. The van der Waals surface area contributed by atoms with Gasteiger partial charge in [-0.2, -0.15) is 0 Å². The zero-order valence-corrected chi connectivity index (χ0v) is 13.3. The summed E-state index contributed by atoms with van der Waals surface area (Å²) in [7, 11) is -3.66. The molecule has 120 valence electrons. The number of carbonyl (C=O) groups excluding carboxylic acids is 1. The van der Waals surface area contributed by atoms with Crippen molar-refractivity contribution in [3.8, 4) is 0 Å². The summed E-state index contributed by atoms with van der Waals surface area (Å²) in [5, 5.41) is 0. The van der Waals surface area contributed by atoms with Crippen LogP contribution in [0.15, 0.2) is 41.6 Å². The number of imidazole rings is 1. The molecule has 1 aromatic carbocycles. The third-order valence-corrected chi connectivity index (χ3v) is 7.23. The van der Waals surface area contributed by atoms with Crippen LogP contribution in [-0.4, -0.2) is 40.5 Å². The van der Waals surface area contributed by atoms with Crippen LogP contribution in [0, 0.1) is 0 Å². The minimum Gasteiger partial charge on any atom is -0.347 e. The molecule has 4 rings (SSSR count). The maximum atomic E-state index is 12.9. The van der Waals surface area contributed by atoms with Crippen molar-refractivity contribution in [3.63, 3.8) is 0 Å². The van der Waals surface area contributed by atoms with Crippen LogP contribution in [0.4, 0.5) is 0 Å². The number of nitrogens with zero attached hydrogens (tertiary/aromatic N) is 2. The van der Waals surface area contributed by atoms with Crippen molar-refractivity contribution in [2.45, 2.75) is 35.4 Å². The Labute approximate surface area is 134 Å². The van der Waals surface area contributed by atoms with Crippen molar-refractivity contribution in [2.24, 2.45) is 0 Å². The third-order valence-electron chi connectivity index (χ3n) is 4.72. The molecule has 1 fully saturated rings. The molecule has 6 nitrogen and oxygen atoms in total. The van der Waals surface area contributed by atoms with Crippen LogP contribution in [-0.2, 0) is 27.6 Å². The molecule has 0 bridgehead atoms. The first kappa shape index (κ1) is 14.4. The van der Waals surface area contributed by atoms with Crippen molar-refractivity contribution >= 4 is 15.7 Å². The fourth-order valence-corrected chi connectivity index (χ4v) is 5.18. The van der Waals surface area contributed by atoms with Crippen LogP contribution in [0.2, 0.25) is 0 Å². The monoisotopic (exact) mass is 331 g/mol. The van der Waals surface area contributed by atoms with Gasteiger partial charge in [0.05, 0.1) is 29.2 Å². The number of aromatic nitrogens is 2. The molecule has 1 aliphatic carbocycles. The molecule has 7 heteroatoms. The third kappa shape index (κ3) is 2.10. The minimum absolute atomic E-state index is 0.227. The number of sulfone groups is 1. The van der Waals surface area contributed by atoms with Crippen LogP contribution in [0.1, 0.15) is 24.2 Å². The topological polar surface area (TPSA) is 83.1 Å². The van der Waals surface area contributed by atoms with Gasteiger partial charge >= 0.3 is 0 Å². The number of benzene rings is 1. The van der Waals surface area contributed by atoms with Gasteiger partial charge in [-0.05, 0) is 25.0 Å². The molecule has 0 radical (unpaired) electrons. The summed E-state index contributed by atoms with van der Waals surface area (Å²) in [6.45, 7) is 0.920. The van der Waals surface area contributed by atoms with Gasteiger partial charge in [0.1, 0.15) is 0 Å². The summed E-state index contributed by atoms with van der Waals surface area (Å²) in [6.07, 6.45) is 3.07. The number of nitrogens with one attached hydrogen (secondary N) is 1. The molecule has 2 heterocycles. The number of rotatable bonds is 3. The largest absolute Gasteiger partial charge is 0.347 e. The van der Waals surface area contributed by atoms with Gasteiger partial charge in [0.2, 0.25) is 5.91 Å². The molecule has 1 N–H and O–H groups in total. The summed E-state index contributed by atoms with van der Waals surface area (Å²) in [6, 6.07) is 8.26. The Morgan fingerprint density at radius 3 is 2.65 bits per heavy atom. The summed E-state index contributed by atoms with van der Waals surface area (Å²) >= 11 is 0. The smallest absolute Gasteiger partial charge is 0.244 e. The Morgan fingerprint density at radius 1 is 1.22 bits per heavy atom. The predicted molar refractivity (Wildman–Crippen MR) is 83.3 cm³/mol. The Balaban J connectivity index is 1.64. The molecular formula is C16H17N3O3S. The molecular weight excluding hydrogens is 314 g/mol. The number of fused-ring (bicyclic) bond motifs is 1. The summed E-state index contributed by atoms with van der Waals surface area (Å²) in [4.78, 5) is 22.1. The zero-order valence-electron chi connectivity index (χ0n) is 12.5. The number of aromatic amines is 1. The first-order valence-corrected chi connectivity index (χ1v) is 9.13. The lowest BCUT2D eigenvalue weighted by Crippen LogP contribution is -2.46. The van der Waals surface area contributed by atoms with E-state index in [2.05, 4.69) is 9.97 Å². The quantitative estimate of drug-likeness (QED) is 0.919. The van der Waals surface area contributed by atoms with E-state index >= 15 is 0 Å². The van der Waals surface area contributed by atoms with E-state index in [4.69, 9.17) is 0 Å². The SMILES string of the molecule is O=C(N1CCc2nc[nH]c2C1)C1(S(=O)(=O)c2ccccc2)CC1. The number of amides is 1. The Kier molecular flexibility index (Phi) is 3.09.